The molecule has 0 aliphatic heterocycles. The maximum Gasteiger partial charge on any atom is 0.264 e. The summed E-state index contributed by atoms with van der Waals surface area (Å²) in [6.45, 7) is 11.1. The van der Waals surface area contributed by atoms with Crippen molar-refractivity contribution in [1.82, 2.24) is 10.2 Å². The minimum atomic E-state index is -4.15. The van der Waals surface area contributed by atoms with Gasteiger partial charge < -0.3 is 10.2 Å². The number of anilines is 1. The lowest BCUT2D eigenvalue weighted by Crippen LogP contribution is -2.53. The van der Waals surface area contributed by atoms with Crippen LogP contribution in [-0.4, -0.2) is 43.8 Å². The molecule has 0 radical (unpaired) electrons. The lowest BCUT2D eigenvalue weighted by molar-refractivity contribution is -0.140. The summed E-state index contributed by atoms with van der Waals surface area (Å²) in [4.78, 5) is 29.2. The number of nitrogens with one attached hydrogen (secondary N) is 1. The summed E-state index contributed by atoms with van der Waals surface area (Å²) in [6, 6.07) is 17.6. The first-order valence-corrected chi connectivity index (χ1v) is 16.7. The lowest BCUT2D eigenvalue weighted by atomic mass is 10.0. The van der Waals surface area contributed by atoms with Crippen LogP contribution >= 0.6 is 23.2 Å². The van der Waals surface area contributed by atoms with Gasteiger partial charge in [0.15, 0.2) is 0 Å². The van der Waals surface area contributed by atoms with E-state index in [0.717, 1.165) is 15.4 Å². The van der Waals surface area contributed by atoms with Crippen molar-refractivity contribution in [3.63, 3.8) is 0 Å². The molecule has 0 unspecified atom stereocenters. The van der Waals surface area contributed by atoms with Gasteiger partial charge in [-0.25, -0.2) is 8.42 Å². The molecule has 0 aromatic heterocycles. The Hall–Kier alpha value is -3.07. The van der Waals surface area contributed by atoms with Crippen molar-refractivity contribution in [2.24, 2.45) is 0 Å². The second-order valence-corrected chi connectivity index (χ2v) is 13.8. The Bertz CT molecular complexity index is 1510. The molecule has 0 fully saturated rings. The molecular formula is C33H41Cl2N3O4S. The normalized spacial score (nSPS) is 13.0. The molecule has 3 aromatic rings. The van der Waals surface area contributed by atoms with Crippen LogP contribution in [0.2, 0.25) is 10.0 Å². The molecule has 2 amide bonds. The Labute approximate surface area is 266 Å². The molecule has 0 spiro atoms. The SMILES string of the molecule is CC[C@H](C(=O)N[C@@H](C)CC)N(Cc1ccc(Cl)cc1Cl)C(=O)CN(c1ccc(C(C)C)cc1)S(=O)(=O)c1ccc(C)cc1. The highest BCUT2D eigenvalue weighted by Crippen LogP contribution is 2.28. The predicted molar refractivity (Wildman–Crippen MR) is 175 cm³/mol. The molecule has 3 rings (SSSR count). The molecule has 3 aromatic carbocycles. The molecule has 2 atom stereocenters. The van der Waals surface area contributed by atoms with E-state index < -0.39 is 28.5 Å². The van der Waals surface area contributed by atoms with Crippen molar-refractivity contribution in [1.29, 1.82) is 0 Å². The Kier molecular flexibility index (Phi) is 12.1. The van der Waals surface area contributed by atoms with E-state index in [-0.39, 0.29) is 29.3 Å². The van der Waals surface area contributed by atoms with Crippen LogP contribution in [0.15, 0.2) is 71.6 Å². The zero-order chi connectivity index (χ0) is 31.9. The molecule has 0 bridgehead atoms. The Morgan fingerprint density at radius 2 is 1.51 bits per heavy atom. The fourth-order valence-electron chi connectivity index (χ4n) is 4.59. The van der Waals surface area contributed by atoms with Gasteiger partial charge in [0.1, 0.15) is 12.6 Å². The van der Waals surface area contributed by atoms with Crippen LogP contribution in [0.5, 0.6) is 0 Å². The molecule has 0 saturated carbocycles. The van der Waals surface area contributed by atoms with Crippen LogP contribution in [0.3, 0.4) is 0 Å². The molecule has 0 heterocycles. The van der Waals surface area contributed by atoms with Gasteiger partial charge in [0.25, 0.3) is 10.0 Å². The van der Waals surface area contributed by atoms with Crippen molar-refractivity contribution in [2.75, 3.05) is 10.8 Å². The molecular weight excluding hydrogens is 605 g/mol. The number of carbonyl (C=O) groups is 2. The van der Waals surface area contributed by atoms with E-state index in [9.17, 15) is 18.0 Å². The highest BCUT2D eigenvalue weighted by atomic mass is 35.5. The molecule has 7 nitrogen and oxygen atoms in total. The number of hydrogen-bond acceptors (Lipinski definition) is 4. The number of nitrogens with zero attached hydrogens (tertiary/aromatic N) is 2. The van der Waals surface area contributed by atoms with Gasteiger partial charge in [-0.2, -0.15) is 0 Å². The fourth-order valence-corrected chi connectivity index (χ4v) is 6.47. The second-order valence-electron chi connectivity index (χ2n) is 11.1. The highest BCUT2D eigenvalue weighted by molar-refractivity contribution is 7.92. The van der Waals surface area contributed by atoms with Crippen molar-refractivity contribution in [3.05, 3.63) is 93.5 Å². The van der Waals surface area contributed by atoms with Crippen LogP contribution in [-0.2, 0) is 26.2 Å². The number of carbonyl (C=O) groups excluding carboxylic acids is 2. The topological polar surface area (TPSA) is 86.8 Å². The van der Waals surface area contributed by atoms with E-state index in [1.165, 1.54) is 17.0 Å². The van der Waals surface area contributed by atoms with Gasteiger partial charge in [-0.05, 0) is 80.1 Å². The average molecular weight is 647 g/mol. The Morgan fingerprint density at radius 1 is 0.884 bits per heavy atom. The van der Waals surface area contributed by atoms with Crippen LogP contribution in [0.1, 0.15) is 70.1 Å². The average Bonchev–Trinajstić information content (AvgIpc) is 2.96. The first kappa shape index (κ1) is 34.4. The summed E-state index contributed by atoms with van der Waals surface area (Å²) < 4.78 is 29.2. The summed E-state index contributed by atoms with van der Waals surface area (Å²) in [7, 11) is -4.15. The number of benzene rings is 3. The van der Waals surface area contributed by atoms with E-state index in [4.69, 9.17) is 23.2 Å². The quantitative estimate of drug-likeness (QED) is 0.211. The van der Waals surface area contributed by atoms with Gasteiger partial charge in [-0.1, -0.05) is 86.8 Å². The summed E-state index contributed by atoms with van der Waals surface area (Å²) in [5.74, 6) is -0.614. The molecule has 0 saturated heterocycles. The van der Waals surface area contributed by atoms with Gasteiger partial charge in [-0.15, -0.1) is 0 Å². The van der Waals surface area contributed by atoms with Crippen LogP contribution in [0.4, 0.5) is 5.69 Å². The summed E-state index contributed by atoms with van der Waals surface area (Å²) in [5.41, 5.74) is 2.88. The molecule has 0 aliphatic rings. The van der Waals surface area contributed by atoms with E-state index >= 15 is 0 Å². The van der Waals surface area contributed by atoms with E-state index in [2.05, 4.69) is 19.2 Å². The maximum absolute atomic E-state index is 14.2. The van der Waals surface area contributed by atoms with Crippen LogP contribution in [0.25, 0.3) is 0 Å². The fraction of sp³-hybridized carbons (Fsp3) is 0.394. The molecule has 0 aliphatic carbocycles. The number of halogens is 2. The van der Waals surface area contributed by atoms with Gasteiger partial charge in [0.2, 0.25) is 11.8 Å². The molecule has 1 N–H and O–H groups in total. The smallest absolute Gasteiger partial charge is 0.264 e. The number of aryl methyl sites for hydroxylation is 1. The van der Waals surface area contributed by atoms with E-state index in [1.54, 1.807) is 42.5 Å². The number of amides is 2. The number of sulfonamides is 1. The third-order valence-corrected chi connectivity index (χ3v) is 9.85. The van der Waals surface area contributed by atoms with Crippen molar-refractivity contribution in [3.8, 4) is 0 Å². The standard InChI is InChI=1S/C33H41Cl2N3O4S/c1-7-24(6)36-33(40)31(8-2)37(20-26-11-14-27(34)19-30(26)35)32(39)21-38(28-15-12-25(13-16-28)22(3)4)43(41,42)29-17-9-23(5)10-18-29/h9-19,22,24,31H,7-8,20-21H2,1-6H3,(H,36,40)/t24-,31+/m0/s1. The summed E-state index contributed by atoms with van der Waals surface area (Å²) in [5, 5.41) is 3.75. The maximum atomic E-state index is 14.2. The van der Waals surface area contributed by atoms with Crippen molar-refractivity contribution < 1.29 is 18.0 Å². The van der Waals surface area contributed by atoms with Gasteiger partial charge in [0, 0.05) is 22.6 Å². The number of rotatable bonds is 13. The number of hydrogen-bond donors (Lipinski definition) is 1. The van der Waals surface area contributed by atoms with Crippen LogP contribution in [0, 0.1) is 6.92 Å². The highest BCUT2D eigenvalue weighted by Gasteiger charge is 2.34. The predicted octanol–water partition coefficient (Wildman–Crippen LogP) is 7.34. The largest absolute Gasteiger partial charge is 0.352 e. The second kappa shape index (κ2) is 15.1. The third kappa shape index (κ3) is 8.74. The molecule has 43 heavy (non-hydrogen) atoms. The minimum absolute atomic E-state index is 0.00796. The Balaban J connectivity index is 2.10. The third-order valence-electron chi connectivity index (χ3n) is 7.48. The minimum Gasteiger partial charge on any atom is -0.352 e. The summed E-state index contributed by atoms with van der Waals surface area (Å²) in [6.07, 6.45) is 1.03. The monoisotopic (exact) mass is 645 g/mol. The van der Waals surface area contributed by atoms with Gasteiger partial charge in [-0.3, -0.25) is 13.9 Å². The van der Waals surface area contributed by atoms with Gasteiger partial charge >= 0.3 is 0 Å². The zero-order valence-corrected chi connectivity index (χ0v) is 27.9. The van der Waals surface area contributed by atoms with E-state index in [0.29, 0.717) is 34.1 Å². The Morgan fingerprint density at radius 3 is 2.05 bits per heavy atom. The van der Waals surface area contributed by atoms with Crippen molar-refractivity contribution >= 4 is 50.7 Å². The zero-order valence-electron chi connectivity index (χ0n) is 25.6. The molecule has 10 heteroatoms. The lowest BCUT2D eigenvalue weighted by Gasteiger charge is -2.34. The van der Waals surface area contributed by atoms with Crippen LogP contribution < -0.4 is 9.62 Å². The van der Waals surface area contributed by atoms with Crippen molar-refractivity contribution in [2.45, 2.75) is 83.8 Å². The first-order chi connectivity index (χ1) is 20.3. The first-order valence-electron chi connectivity index (χ1n) is 14.5. The molecule has 232 valence electrons. The van der Waals surface area contributed by atoms with E-state index in [1.807, 2.05) is 39.8 Å². The van der Waals surface area contributed by atoms with Gasteiger partial charge in [0.05, 0.1) is 10.6 Å². The summed E-state index contributed by atoms with van der Waals surface area (Å²) >= 11 is 12.6.